The van der Waals surface area contributed by atoms with Gasteiger partial charge in [-0.05, 0) is 31.3 Å². The number of methoxy groups -OCH3 is 1. The minimum Gasteiger partial charge on any atom is -0.469 e. The van der Waals surface area contributed by atoms with E-state index in [1.165, 1.54) is 7.11 Å². The predicted octanol–water partition coefficient (Wildman–Crippen LogP) is 1.47. The highest BCUT2D eigenvalue weighted by Gasteiger charge is 2.36. The maximum Gasteiger partial charge on any atom is 0.308 e. The van der Waals surface area contributed by atoms with Crippen molar-refractivity contribution in [2.24, 2.45) is 11.8 Å². The van der Waals surface area contributed by atoms with E-state index in [9.17, 15) is 9.59 Å². The molecular formula is C11H14O3. The number of fused-ring (bicyclic) bond motifs is 1. The number of carbonyl (C=O) groups is 2. The lowest BCUT2D eigenvalue weighted by Crippen LogP contribution is -2.13. The molecule has 2 atom stereocenters. The van der Waals surface area contributed by atoms with Gasteiger partial charge >= 0.3 is 5.97 Å². The summed E-state index contributed by atoms with van der Waals surface area (Å²) in [5, 5.41) is 0. The molecule has 76 valence electrons. The van der Waals surface area contributed by atoms with Gasteiger partial charge in [0, 0.05) is 6.42 Å². The summed E-state index contributed by atoms with van der Waals surface area (Å²) in [7, 11) is 1.42. The fourth-order valence-electron chi connectivity index (χ4n) is 2.45. The van der Waals surface area contributed by atoms with Crippen LogP contribution >= 0.6 is 0 Å². The highest BCUT2D eigenvalue weighted by molar-refractivity contribution is 5.91. The van der Waals surface area contributed by atoms with Crippen molar-refractivity contribution >= 4 is 11.8 Å². The summed E-state index contributed by atoms with van der Waals surface area (Å²) in [5.74, 6) is 0.522. The first-order valence-corrected chi connectivity index (χ1v) is 5.02. The monoisotopic (exact) mass is 194 g/mol. The first-order valence-electron chi connectivity index (χ1n) is 5.02. The standard InChI is InChI=1S/C11H14O3/c1-14-11(13)9-4-7-2-3-10(12)6-8(7)5-9/h6-7,9H,2-5H2,1H3. The number of hydrogen-bond acceptors (Lipinski definition) is 3. The SMILES string of the molecule is COC(=O)C1CC2=CC(=O)CCC2C1. The molecule has 0 aliphatic heterocycles. The molecule has 2 aliphatic rings. The maximum absolute atomic E-state index is 11.3. The molecule has 0 spiro atoms. The van der Waals surface area contributed by atoms with E-state index in [0.29, 0.717) is 12.3 Å². The molecule has 0 aromatic rings. The topological polar surface area (TPSA) is 43.4 Å². The summed E-state index contributed by atoms with van der Waals surface area (Å²) >= 11 is 0. The molecule has 0 saturated heterocycles. The van der Waals surface area contributed by atoms with Crippen molar-refractivity contribution in [2.75, 3.05) is 7.11 Å². The van der Waals surface area contributed by atoms with Crippen molar-refractivity contribution in [3.63, 3.8) is 0 Å². The van der Waals surface area contributed by atoms with Crippen molar-refractivity contribution < 1.29 is 14.3 Å². The van der Waals surface area contributed by atoms with Gasteiger partial charge in [-0.25, -0.2) is 0 Å². The molecule has 0 N–H and O–H groups in total. The van der Waals surface area contributed by atoms with E-state index in [1.54, 1.807) is 6.08 Å². The van der Waals surface area contributed by atoms with E-state index in [4.69, 9.17) is 4.74 Å². The van der Waals surface area contributed by atoms with Crippen LogP contribution in [0.2, 0.25) is 0 Å². The van der Waals surface area contributed by atoms with Crippen LogP contribution in [0.25, 0.3) is 0 Å². The van der Waals surface area contributed by atoms with Gasteiger partial charge in [0.1, 0.15) is 0 Å². The number of esters is 1. The van der Waals surface area contributed by atoms with E-state index >= 15 is 0 Å². The Bertz CT molecular complexity index is 304. The molecule has 0 amide bonds. The lowest BCUT2D eigenvalue weighted by Gasteiger charge is -2.15. The van der Waals surface area contributed by atoms with Gasteiger partial charge in [0.2, 0.25) is 0 Å². The summed E-state index contributed by atoms with van der Waals surface area (Å²) in [6.07, 6.45) is 4.88. The Balaban J connectivity index is 2.10. The van der Waals surface area contributed by atoms with E-state index in [-0.39, 0.29) is 17.7 Å². The van der Waals surface area contributed by atoms with Crippen LogP contribution < -0.4 is 0 Å². The molecular weight excluding hydrogens is 180 g/mol. The maximum atomic E-state index is 11.3. The molecule has 2 rings (SSSR count). The Hall–Kier alpha value is -1.12. The molecule has 0 radical (unpaired) electrons. The molecule has 1 fully saturated rings. The van der Waals surface area contributed by atoms with Crippen LogP contribution in [0.15, 0.2) is 11.6 Å². The van der Waals surface area contributed by atoms with Crippen LogP contribution in [-0.4, -0.2) is 18.9 Å². The molecule has 3 nitrogen and oxygen atoms in total. The molecule has 0 aromatic carbocycles. The Kier molecular flexibility index (Phi) is 2.40. The van der Waals surface area contributed by atoms with Gasteiger partial charge in [-0.15, -0.1) is 0 Å². The summed E-state index contributed by atoms with van der Waals surface area (Å²) < 4.78 is 4.72. The fraction of sp³-hybridized carbons (Fsp3) is 0.636. The van der Waals surface area contributed by atoms with Gasteiger partial charge in [0.05, 0.1) is 13.0 Å². The highest BCUT2D eigenvalue weighted by atomic mass is 16.5. The molecule has 1 saturated carbocycles. The minimum absolute atomic E-state index is 0.0119. The largest absolute Gasteiger partial charge is 0.469 e. The van der Waals surface area contributed by atoms with Crippen LogP contribution in [-0.2, 0) is 14.3 Å². The molecule has 0 heterocycles. The van der Waals surface area contributed by atoms with E-state index in [0.717, 1.165) is 24.8 Å². The Morgan fingerprint density at radius 1 is 1.57 bits per heavy atom. The Morgan fingerprint density at radius 3 is 3.07 bits per heavy atom. The lowest BCUT2D eigenvalue weighted by atomic mass is 9.90. The van der Waals surface area contributed by atoms with E-state index < -0.39 is 0 Å². The molecule has 0 aromatic heterocycles. The average Bonchev–Trinajstić information content (AvgIpc) is 2.59. The first-order chi connectivity index (χ1) is 6.70. The van der Waals surface area contributed by atoms with Crippen LogP contribution in [0.4, 0.5) is 0 Å². The van der Waals surface area contributed by atoms with Gasteiger partial charge in [-0.3, -0.25) is 9.59 Å². The molecule has 3 heteroatoms. The second-order valence-corrected chi connectivity index (χ2v) is 4.08. The van der Waals surface area contributed by atoms with Crippen LogP contribution in [0.5, 0.6) is 0 Å². The number of allylic oxidation sites excluding steroid dienone is 2. The van der Waals surface area contributed by atoms with Crippen molar-refractivity contribution in [2.45, 2.75) is 25.7 Å². The van der Waals surface area contributed by atoms with Crippen molar-refractivity contribution in [1.29, 1.82) is 0 Å². The van der Waals surface area contributed by atoms with Crippen LogP contribution in [0.3, 0.4) is 0 Å². The van der Waals surface area contributed by atoms with E-state index in [2.05, 4.69) is 0 Å². The molecule has 0 bridgehead atoms. The first kappa shape index (κ1) is 9.44. The fourth-order valence-corrected chi connectivity index (χ4v) is 2.45. The summed E-state index contributed by atoms with van der Waals surface area (Å²) in [5.41, 5.74) is 1.16. The van der Waals surface area contributed by atoms with Gasteiger partial charge in [0.15, 0.2) is 5.78 Å². The average molecular weight is 194 g/mol. The second-order valence-electron chi connectivity index (χ2n) is 4.08. The summed E-state index contributed by atoms with van der Waals surface area (Å²) in [6, 6.07) is 0. The number of ether oxygens (including phenoxy) is 1. The van der Waals surface area contributed by atoms with Gasteiger partial charge in [-0.1, -0.05) is 5.57 Å². The zero-order valence-electron chi connectivity index (χ0n) is 8.29. The van der Waals surface area contributed by atoms with E-state index in [1.807, 2.05) is 0 Å². The lowest BCUT2D eigenvalue weighted by molar-refractivity contribution is -0.145. The predicted molar refractivity (Wildman–Crippen MR) is 50.6 cm³/mol. The number of ketones is 1. The van der Waals surface area contributed by atoms with Crippen molar-refractivity contribution in [3.8, 4) is 0 Å². The third-order valence-electron chi connectivity index (χ3n) is 3.20. The smallest absolute Gasteiger partial charge is 0.308 e. The second kappa shape index (κ2) is 3.56. The Labute approximate surface area is 83.1 Å². The van der Waals surface area contributed by atoms with Crippen LogP contribution in [0, 0.1) is 11.8 Å². The molecule has 2 unspecified atom stereocenters. The zero-order valence-corrected chi connectivity index (χ0v) is 8.29. The minimum atomic E-state index is -0.132. The van der Waals surface area contributed by atoms with Gasteiger partial charge in [-0.2, -0.15) is 0 Å². The third-order valence-corrected chi connectivity index (χ3v) is 3.20. The molecule has 2 aliphatic carbocycles. The number of rotatable bonds is 1. The van der Waals surface area contributed by atoms with Gasteiger partial charge < -0.3 is 4.74 Å². The number of carbonyl (C=O) groups excluding carboxylic acids is 2. The highest BCUT2D eigenvalue weighted by Crippen LogP contribution is 2.41. The van der Waals surface area contributed by atoms with Crippen molar-refractivity contribution in [3.05, 3.63) is 11.6 Å². The normalized spacial score (nSPS) is 30.9. The Morgan fingerprint density at radius 2 is 2.36 bits per heavy atom. The number of hydrogen-bond donors (Lipinski definition) is 0. The zero-order chi connectivity index (χ0) is 10.1. The summed E-state index contributed by atoms with van der Waals surface area (Å²) in [4.78, 5) is 22.5. The van der Waals surface area contributed by atoms with Gasteiger partial charge in [0.25, 0.3) is 0 Å². The third kappa shape index (κ3) is 1.59. The van der Waals surface area contributed by atoms with Crippen LogP contribution in [0.1, 0.15) is 25.7 Å². The van der Waals surface area contributed by atoms with Crippen molar-refractivity contribution in [1.82, 2.24) is 0 Å². The summed E-state index contributed by atoms with van der Waals surface area (Å²) in [6.45, 7) is 0. The molecule has 14 heavy (non-hydrogen) atoms. The quantitative estimate of drug-likeness (QED) is 0.594.